The minimum atomic E-state index is -0.458. The highest BCUT2D eigenvalue weighted by Gasteiger charge is 2.25. The standard InChI is InChI=1S/C19H16BrNO3/c1-2-10-23-14-7-5-6-13(11-14)12-17-19(22)24-18(21-17)15-8-3-4-9-16(15)20/h3-9,11-12H,2,10H2,1H3/b17-12-. The number of carbonyl (C=O) groups is 1. The molecule has 4 nitrogen and oxygen atoms in total. The van der Waals surface area contributed by atoms with Crippen LogP contribution in [0, 0.1) is 0 Å². The van der Waals surface area contributed by atoms with E-state index in [1.807, 2.05) is 48.5 Å². The topological polar surface area (TPSA) is 47.9 Å². The van der Waals surface area contributed by atoms with Crippen molar-refractivity contribution < 1.29 is 14.3 Å². The van der Waals surface area contributed by atoms with Gasteiger partial charge in [0.25, 0.3) is 0 Å². The molecule has 0 atom stereocenters. The van der Waals surface area contributed by atoms with Gasteiger partial charge in [0.1, 0.15) is 5.75 Å². The molecule has 0 bridgehead atoms. The number of nitrogens with zero attached hydrogens (tertiary/aromatic N) is 1. The maximum absolute atomic E-state index is 12.1. The van der Waals surface area contributed by atoms with Crippen LogP contribution >= 0.6 is 15.9 Å². The number of cyclic esters (lactones) is 1. The summed E-state index contributed by atoms with van der Waals surface area (Å²) in [6, 6.07) is 15.0. The zero-order valence-corrected chi connectivity index (χ0v) is 14.7. The summed E-state index contributed by atoms with van der Waals surface area (Å²) >= 11 is 3.44. The van der Waals surface area contributed by atoms with E-state index in [9.17, 15) is 4.79 Å². The molecular formula is C19H16BrNO3. The molecule has 1 aliphatic heterocycles. The van der Waals surface area contributed by atoms with Crippen molar-refractivity contribution in [2.45, 2.75) is 13.3 Å². The molecule has 1 heterocycles. The van der Waals surface area contributed by atoms with Gasteiger partial charge in [-0.3, -0.25) is 0 Å². The monoisotopic (exact) mass is 385 g/mol. The van der Waals surface area contributed by atoms with Crippen LogP contribution in [0.25, 0.3) is 6.08 Å². The van der Waals surface area contributed by atoms with E-state index in [1.54, 1.807) is 6.08 Å². The molecule has 2 aromatic rings. The summed E-state index contributed by atoms with van der Waals surface area (Å²) in [5, 5.41) is 0. The van der Waals surface area contributed by atoms with Crippen LogP contribution in [0.15, 0.2) is 63.7 Å². The molecule has 122 valence electrons. The van der Waals surface area contributed by atoms with E-state index >= 15 is 0 Å². The van der Waals surface area contributed by atoms with Gasteiger partial charge in [0.15, 0.2) is 5.70 Å². The summed E-state index contributed by atoms with van der Waals surface area (Å²) in [4.78, 5) is 16.4. The van der Waals surface area contributed by atoms with Gasteiger partial charge in [-0.1, -0.05) is 31.2 Å². The summed E-state index contributed by atoms with van der Waals surface area (Å²) in [6.07, 6.45) is 2.64. The number of hydrogen-bond acceptors (Lipinski definition) is 4. The molecule has 0 fully saturated rings. The van der Waals surface area contributed by atoms with Crippen molar-refractivity contribution in [2.24, 2.45) is 4.99 Å². The van der Waals surface area contributed by atoms with Crippen molar-refractivity contribution in [3.05, 3.63) is 69.8 Å². The van der Waals surface area contributed by atoms with E-state index in [2.05, 4.69) is 27.8 Å². The van der Waals surface area contributed by atoms with E-state index in [-0.39, 0.29) is 5.70 Å². The first-order valence-electron chi connectivity index (χ1n) is 7.67. The minimum absolute atomic E-state index is 0.272. The van der Waals surface area contributed by atoms with E-state index in [1.165, 1.54) is 0 Å². The normalized spacial score (nSPS) is 15.3. The summed E-state index contributed by atoms with van der Waals surface area (Å²) in [5.41, 5.74) is 1.86. The van der Waals surface area contributed by atoms with E-state index in [0.717, 1.165) is 27.8 Å². The summed E-state index contributed by atoms with van der Waals surface area (Å²) in [6.45, 7) is 2.71. The molecule has 3 rings (SSSR count). The Morgan fingerprint density at radius 1 is 1.21 bits per heavy atom. The van der Waals surface area contributed by atoms with Crippen molar-refractivity contribution in [1.82, 2.24) is 0 Å². The lowest BCUT2D eigenvalue weighted by molar-refractivity contribution is -0.129. The summed E-state index contributed by atoms with van der Waals surface area (Å²) in [7, 11) is 0. The van der Waals surface area contributed by atoms with E-state index < -0.39 is 5.97 Å². The van der Waals surface area contributed by atoms with Crippen LogP contribution in [-0.2, 0) is 9.53 Å². The highest BCUT2D eigenvalue weighted by atomic mass is 79.9. The Morgan fingerprint density at radius 3 is 2.83 bits per heavy atom. The fourth-order valence-corrected chi connectivity index (χ4v) is 2.69. The quantitative estimate of drug-likeness (QED) is 0.558. The van der Waals surface area contributed by atoms with Crippen molar-refractivity contribution in [3.8, 4) is 5.75 Å². The third-order valence-electron chi connectivity index (χ3n) is 3.36. The van der Waals surface area contributed by atoms with Crippen LogP contribution < -0.4 is 4.74 Å². The first kappa shape index (κ1) is 16.5. The molecule has 0 aromatic heterocycles. The van der Waals surface area contributed by atoms with Gasteiger partial charge in [0.2, 0.25) is 5.90 Å². The maximum atomic E-state index is 12.1. The second kappa shape index (κ2) is 7.45. The Labute approximate surface area is 148 Å². The molecular weight excluding hydrogens is 370 g/mol. The van der Waals surface area contributed by atoms with Crippen molar-refractivity contribution in [2.75, 3.05) is 6.61 Å². The molecule has 0 saturated carbocycles. The summed E-state index contributed by atoms with van der Waals surface area (Å²) in [5.74, 6) is 0.616. The number of rotatable bonds is 5. The molecule has 24 heavy (non-hydrogen) atoms. The van der Waals surface area contributed by atoms with Gasteiger partial charge in [-0.15, -0.1) is 0 Å². The fourth-order valence-electron chi connectivity index (χ4n) is 2.23. The molecule has 0 amide bonds. The Bertz CT molecular complexity index is 827. The Hall–Kier alpha value is -2.40. The Morgan fingerprint density at radius 2 is 2.04 bits per heavy atom. The lowest BCUT2D eigenvalue weighted by Crippen LogP contribution is -2.05. The highest BCUT2D eigenvalue weighted by Crippen LogP contribution is 2.24. The third kappa shape index (κ3) is 3.74. The molecule has 2 aromatic carbocycles. The first-order chi connectivity index (χ1) is 11.7. The van der Waals surface area contributed by atoms with Crippen LogP contribution in [0.4, 0.5) is 0 Å². The van der Waals surface area contributed by atoms with Gasteiger partial charge in [-0.2, -0.15) is 0 Å². The van der Waals surface area contributed by atoms with Crippen LogP contribution in [0.2, 0.25) is 0 Å². The van der Waals surface area contributed by atoms with Gasteiger partial charge < -0.3 is 9.47 Å². The maximum Gasteiger partial charge on any atom is 0.363 e. The smallest absolute Gasteiger partial charge is 0.363 e. The molecule has 0 aliphatic carbocycles. The molecule has 0 unspecified atom stereocenters. The number of ether oxygens (including phenoxy) is 2. The molecule has 0 radical (unpaired) electrons. The molecule has 1 aliphatic rings. The van der Waals surface area contributed by atoms with E-state index in [0.29, 0.717) is 12.5 Å². The average Bonchev–Trinajstić information content (AvgIpc) is 2.94. The van der Waals surface area contributed by atoms with Crippen molar-refractivity contribution in [1.29, 1.82) is 0 Å². The average molecular weight is 386 g/mol. The van der Waals surface area contributed by atoms with Gasteiger partial charge in [-0.05, 0) is 58.3 Å². The van der Waals surface area contributed by atoms with Gasteiger partial charge in [0, 0.05) is 4.47 Å². The molecule has 0 N–H and O–H groups in total. The number of benzene rings is 2. The minimum Gasteiger partial charge on any atom is -0.494 e. The van der Waals surface area contributed by atoms with Crippen LogP contribution in [-0.4, -0.2) is 18.5 Å². The van der Waals surface area contributed by atoms with Gasteiger partial charge in [0.05, 0.1) is 12.2 Å². The zero-order valence-electron chi connectivity index (χ0n) is 13.2. The Kier molecular flexibility index (Phi) is 5.11. The predicted molar refractivity (Wildman–Crippen MR) is 97.0 cm³/mol. The highest BCUT2D eigenvalue weighted by molar-refractivity contribution is 9.10. The van der Waals surface area contributed by atoms with Crippen molar-refractivity contribution in [3.63, 3.8) is 0 Å². The first-order valence-corrected chi connectivity index (χ1v) is 8.47. The van der Waals surface area contributed by atoms with Gasteiger partial charge >= 0.3 is 5.97 Å². The number of halogens is 1. The van der Waals surface area contributed by atoms with Crippen LogP contribution in [0.3, 0.4) is 0 Å². The van der Waals surface area contributed by atoms with Gasteiger partial charge in [-0.25, -0.2) is 9.79 Å². The second-order valence-corrected chi connectivity index (χ2v) is 6.09. The Balaban J connectivity index is 1.88. The van der Waals surface area contributed by atoms with Crippen LogP contribution in [0.5, 0.6) is 5.75 Å². The lowest BCUT2D eigenvalue weighted by atomic mass is 10.2. The van der Waals surface area contributed by atoms with Crippen LogP contribution in [0.1, 0.15) is 24.5 Å². The van der Waals surface area contributed by atoms with Crippen molar-refractivity contribution >= 4 is 33.9 Å². The zero-order chi connectivity index (χ0) is 16.9. The number of aliphatic imine (C=N–C) groups is 1. The number of hydrogen-bond donors (Lipinski definition) is 0. The fraction of sp³-hybridized carbons (Fsp3) is 0.158. The number of esters is 1. The largest absolute Gasteiger partial charge is 0.494 e. The molecule has 0 spiro atoms. The third-order valence-corrected chi connectivity index (χ3v) is 4.05. The SMILES string of the molecule is CCCOc1cccc(/C=C2\N=C(c3ccccc3Br)OC2=O)c1. The molecule has 5 heteroatoms. The lowest BCUT2D eigenvalue weighted by Gasteiger charge is -2.04. The molecule has 0 saturated heterocycles. The summed E-state index contributed by atoms with van der Waals surface area (Å²) < 4.78 is 11.7. The number of carbonyl (C=O) groups excluding carboxylic acids is 1. The second-order valence-electron chi connectivity index (χ2n) is 5.24. The van der Waals surface area contributed by atoms with E-state index in [4.69, 9.17) is 9.47 Å². The predicted octanol–water partition coefficient (Wildman–Crippen LogP) is 4.58.